The number of anilines is 1. The molecule has 3 nitrogen and oxygen atoms in total. The number of hydrogen-bond acceptors (Lipinski definition) is 3. The molecule has 0 aliphatic rings. The molecular weight excluding hydrogens is 188 g/mol. The first-order chi connectivity index (χ1) is 7.04. The van der Waals surface area contributed by atoms with Crippen LogP contribution in [-0.4, -0.2) is 11.1 Å². The van der Waals surface area contributed by atoms with E-state index in [0.29, 0.717) is 17.5 Å². The zero-order valence-corrected chi connectivity index (χ0v) is 9.95. The zero-order chi connectivity index (χ0) is 11.4. The lowest BCUT2D eigenvalue weighted by Gasteiger charge is -2.15. The third-order valence-corrected chi connectivity index (χ3v) is 2.47. The molecule has 0 aliphatic carbocycles. The summed E-state index contributed by atoms with van der Waals surface area (Å²) in [6.45, 7) is 8.36. The summed E-state index contributed by atoms with van der Waals surface area (Å²) in [5.74, 6) is 1.62. The third kappa shape index (κ3) is 3.11. The van der Waals surface area contributed by atoms with Gasteiger partial charge in [0.05, 0.1) is 6.10 Å². The lowest BCUT2D eigenvalue weighted by atomic mass is 10.1. The number of aromatic nitrogens is 1. The highest BCUT2D eigenvalue weighted by molar-refractivity contribution is 5.47. The van der Waals surface area contributed by atoms with Gasteiger partial charge in [0, 0.05) is 6.20 Å². The summed E-state index contributed by atoms with van der Waals surface area (Å²) in [5, 5.41) is 0. The van der Waals surface area contributed by atoms with E-state index in [9.17, 15) is 0 Å². The van der Waals surface area contributed by atoms with Crippen LogP contribution in [0.2, 0.25) is 0 Å². The van der Waals surface area contributed by atoms with E-state index >= 15 is 0 Å². The topological polar surface area (TPSA) is 48.1 Å². The number of hydrogen-bond donors (Lipinski definition) is 1. The highest BCUT2D eigenvalue weighted by Crippen LogP contribution is 2.25. The van der Waals surface area contributed by atoms with Gasteiger partial charge in [0.2, 0.25) is 0 Å². The van der Waals surface area contributed by atoms with Gasteiger partial charge in [0.25, 0.3) is 0 Å². The second-order valence-electron chi connectivity index (χ2n) is 4.14. The molecule has 2 N–H and O–H groups in total. The van der Waals surface area contributed by atoms with Crippen molar-refractivity contribution in [3.63, 3.8) is 0 Å². The molecule has 1 aromatic heterocycles. The van der Waals surface area contributed by atoms with E-state index in [4.69, 9.17) is 10.5 Å². The van der Waals surface area contributed by atoms with Crippen molar-refractivity contribution in [2.24, 2.45) is 0 Å². The third-order valence-electron chi connectivity index (χ3n) is 2.47. The van der Waals surface area contributed by atoms with Crippen LogP contribution in [0.15, 0.2) is 12.3 Å². The van der Waals surface area contributed by atoms with E-state index in [1.54, 1.807) is 0 Å². The number of nitrogens with zero attached hydrogens (tertiary/aromatic N) is 1. The van der Waals surface area contributed by atoms with Crippen molar-refractivity contribution in [2.45, 2.75) is 46.1 Å². The average molecular weight is 208 g/mol. The first kappa shape index (κ1) is 11.8. The van der Waals surface area contributed by atoms with Gasteiger partial charge in [-0.2, -0.15) is 0 Å². The summed E-state index contributed by atoms with van der Waals surface area (Å²) >= 11 is 0. The van der Waals surface area contributed by atoms with Gasteiger partial charge < -0.3 is 10.5 Å². The minimum absolute atomic E-state index is 0.177. The SMILES string of the molecule is CCC(C)Oc1cc(C(C)C)cnc1N. The maximum atomic E-state index is 5.76. The first-order valence-electron chi connectivity index (χ1n) is 5.46. The Hall–Kier alpha value is -1.25. The van der Waals surface area contributed by atoms with Crippen molar-refractivity contribution < 1.29 is 4.74 Å². The van der Waals surface area contributed by atoms with Crippen LogP contribution in [0.3, 0.4) is 0 Å². The van der Waals surface area contributed by atoms with E-state index in [1.807, 2.05) is 19.2 Å². The minimum atomic E-state index is 0.177. The van der Waals surface area contributed by atoms with Gasteiger partial charge >= 0.3 is 0 Å². The first-order valence-corrected chi connectivity index (χ1v) is 5.46. The average Bonchev–Trinajstić information content (AvgIpc) is 2.20. The Labute approximate surface area is 91.7 Å². The summed E-state index contributed by atoms with van der Waals surface area (Å²) in [6.07, 6.45) is 2.95. The van der Waals surface area contributed by atoms with E-state index in [1.165, 1.54) is 0 Å². The summed E-state index contributed by atoms with van der Waals surface area (Å²) in [5.41, 5.74) is 6.91. The lowest BCUT2D eigenvalue weighted by molar-refractivity contribution is 0.218. The van der Waals surface area contributed by atoms with Crippen molar-refractivity contribution in [1.29, 1.82) is 0 Å². The maximum Gasteiger partial charge on any atom is 0.166 e. The van der Waals surface area contributed by atoms with Crippen LogP contribution >= 0.6 is 0 Å². The molecule has 1 unspecified atom stereocenters. The summed E-state index contributed by atoms with van der Waals surface area (Å²) < 4.78 is 5.70. The van der Waals surface area contributed by atoms with Crippen LogP contribution in [-0.2, 0) is 0 Å². The van der Waals surface area contributed by atoms with Gasteiger partial charge in [-0.25, -0.2) is 4.98 Å². The Bertz CT molecular complexity index is 323. The van der Waals surface area contributed by atoms with E-state index in [2.05, 4.69) is 25.8 Å². The molecule has 0 radical (unpaired) electrons. The predicted molar refractivity (Wildman–Crippen MR) is 63.1 cm³/mol. The largest absolute Gasteiger partial charge is 0.487 e. The van der Waals surface area contributed by atoms with Crippen LogP contribution < -0.4 is 10.5 Å². The molecule has 0 spiro atoms. The highest BCUT2D eigenvalue weighted by atomic mass is 16.5. The Kier molecular flexibility index (Phi) is 3.95. The fourth-order valence-electron chi connectivity index (χ4n) is 1.18. The van der Waals surface area contributed by atoms with Crippen LogP contribution in [0.5, 0.6) is 5.75 Å². The Morgan fingerprint density at radius 1 is 1.40 bits per heavy atom. The predicted octanol–water partition coefficient (Wildman–Crippen LogP) is 2.96. The van der Waals surface area contributed by atoms with Crippen LogP contribution in [0.25, 0.3) is 0 Å². The fourth-order valence-corrected chi connectivity index (χ4v) is 1.18. The molecule has 0 aliphatic heterocycles. The number of nitrogens with two attached hydrogens (primary N) is 1. The molecule has 1 atom stereocenters. The van der Waals surface area contributed by atoms with Gasteiger partial charge in [-0.1, -0.05) is 20.8 Å². The van der Waals surface area contributed by atoms with E-state index in [0.717, 1.165) is 12.0 Å². The van der Waals surface area contributed by atoms with Gasteiger partial charge in [0.15, 0.2) is 11.6 Å². The molecule has 0 amide bonds. The van der Waals surface area contributed by atoms with Crippen molar-refractivity contribution in [2.75, 3.05) is 5.73 Å². The molecule has 0 bridgehead atoms. The molecule has 0 saturated carbocycles. The summed E-state index contributed by atoms with van der Waals surface area (Å²) in [4.78, 5) is 4.14. The molecule has 1 rings (SSSR count). The van der Waals surface area contributed by atoms with Gasteiger partial charge in [-0.3, -0.25) is 0 Å². The van der Waals surface area contributed by atoms with E-state index in [-0.39, 0.29) is 6.10 Å². The van der Waals surface area contributed by atoms with E-state index < -0.39 is 0 Å². The molecular formula is C12H20N2O. The molecule has 1 aromatic rings. The normalized spacial score (nSPS) is 12.9. The second-order valence-corrected chi connectivity index (χ2v) is 4.14. The molecule has 15 heavy (non-hydrogen) atoms. The second kappa shape index (κ2) is 5.01. The Morgan fingerprint density at radius 3 is 2.60 bits per heavy atom. The highest BCUT2D eigenvalue weighted by Gasteiger charge is 2.09. The maximum absolute atomic E-state index is 5.76. The van der Waals surface area contributed by atoms with Crippen LogP contribution in [0.1, 0.15) is 45.6 Å². The standard InChI is InChI=1S/C12H20N2O/c1-5-9(4)15-11-6-10(8(2)3)7-14-12(11)13/h6-9H,5H2,1-4H3,(H2,13,14). The molecule has 0 fully saturated rings. The van der Waals surface area contributed by atoms with Crippen LogP contribution in [0, 0.1) is 0 Å². The number of pyridine rings is 1. The van der Waals surface area contributed by atoms with Crippen molar-refractivity contribution in [1.82, 2.24) is 4.98 Å². The van der Waals surface area contributed by atoms with Crippen LogP contribution in [0.4, 0.5) is 5.82 Å². The molecule has 0 aromatic carbocycles. The smallest absolute Gasteiger partial charge is 0.166 e. The molecule has 3 heteroatoms. The van der Waals surface area contributed by atoms with Crippen molar-refractivity contribution >= 4 is 5.82 Å². The Balaban J connectivity index is 2.90. The monoisotopic (exact) mass is 208 g/mol. The Morgan fingerprint density at radius 2 is 2.07 bits per heavy atom. The van der Waals surface area contributed by atoms with Gasteiger partial charge in [0.1, 0.15) is 0 Å². The number of nitrogen functional groups attached to an aromatic ring is 1. The fraction of sp³-hybridized carbons (Fsp3) is 0.583. The summed E-state index contributed by atoms with van der Waals surface area (Å²) in [7, 11) is 0. The molecule has 1 heterocycles. The van der Waals surface area contributed by atoms with Gasteiger partial charge in [-0.15, -0.1) is 0 Å². The van der Waals surface area contributed by atoms with Crippen molar-refractivity contribution in [3.05, 3.63) is 17.8 Å². The lowest BCUT2D eigenvalue weighted by Crippen LogP contribution is -2.12. The number of rotatable bonds is 4. The van der Waals surface area contributed by atoms with Gasteiger partial charge in [-0.05, 0) is 30.9 Å². The zero-order valence-electron chi connectivity index (χ0n) is 9.95. The molecule has 0 saturated heterocycles. The summed E-state index contributed by atoms with van der Waals surface area (Å²) in [6, 6.07) is 1.99. The van der Waals surface area contributed by atoms with Crippen molar-refractivity contribution in [3.8, 4) is 5.75 Å². The number of ether oxygens (including phenoxy) is 1. The quantitative estimate of drug-likeness (QED) is 0.827. The molecule has 84 valence electrons. The minimum Gasteiger partial charge on any atom is -0.487 e.